The van der Waals surface area contributed by atoms with Crippen LogP contribution in [0.1, 0.15) is 21.7 Å². The second kappa shape index (κ2) is 8.99. The molecule has 12 heteroatoms. The Balaban J connectivity index is 1.47. The van der Waals surface area contributed by atoms with E-state index in [1.807, 2.05) is 32.0 Å². The zero-order chi connectivity index (χ0) is 23.0. The van der Waals surface area contributed by atoms with Crippen LogP contribution in [0.2, 0.25) is 10.0 Å². The molecule has 0 saturated heterocycles. The van der Waals surface area contributed by atoms with E-state index in [9.17, 15) is 4.79 Å². The van der Waals surface area contributed by atoms with Crippen molar-refractivity contribution in [2.24, 2.45) is 0 Å². The number of fused-ring (bicyclic) bond motifs is 1. The summed E-state index contributed by atoms with van der Waals surface area (Å²) in [6.45, 7) is 3.79. The maximum atomic E-state index is 12.5. The summed E-state index contributed by atoms with van der Waals surface area (Å²) in [5, 5.41) is 19.7. The minimum absolute atomic E-state index is 0.142. The Labute approximate surface area is 202 Å². The number of ether oxygens (including phenoxy) is 1. The maximum absolute atomic E-state index is 12.5. The topological polar surface area (TPSA) is 93.4 Å². The van der Waals surface area contributed by atoms with Crippen LogP contribution in [0, 0.1) is 13.8 Å². The number of hydrogen-bond acceptors (Lipinski definition) is 7. The molecule has 164 valence electrons. The molecular weight excluding hydrogens is 491 g/mol. The lowest BCUT2D eigenvalue weighted by atomic mass is 10.1. The van der Waals surface area contributed by atoms with Crippen molar-refractivity contribution in [1.82, 2.24) is 25.1 Å². The van der Waals surface area contributed by atoms with Gasteiger partial charge in [-0.25, -0.2) is 0 Å². The number of anilines is 1. The van der Waals surface area contributed by atoms with E-state index >= 15 is 0 Å². The van der Waals surface area contributed by atoms with Gasteiger partial charge >= 0.3 is 0 Å². The smallest absolute Gasteiger partial charge is 0.257 e. The molecule has 32 heavy (non-hydrogen) atoms. The fourth-order valence-electron chi connectivity index (χ4n) is 2.98. The largest absolute Gasteiger partial charge is 0.494 e. The summed E-state index contributed by atoms with van der Waals surface area (Å²) in [6, 6.07) is 8.71. The number of carbonyl (C=O) groups is 1. The Morgan fingerprint density at radius 2 is 1.88 bits per heavy atom. The fraction of sp³-hybridized carbons (Fsp3) is 0.150. The van der Waals surface area contributed by atoms with Crippen LogP contribution >= 0.6 is 46.8 Å². The highest BCUT2D eigenvalue weighted by Crippen LogP contribution is 2.34. The summed E-state index contributed by atoms with van der Waals surface area (Å²) in [7, 11) is 1.45. The van der Waals surface area contributed by atoms with Crippen LogP contribution in [0.3, 0.4) is 0 Å². The molecule has 0 spiro atoms. The van der Waals surface area contributed by atoms with Gasteiger partial charge in [-0.3, -0.25) is 10.1 Å². The van der Waals surface area contributed by atoms with Crippen molar-refractivity contribution in [1.29, 1.82) is 0 Å². The number of aryl methyl sites for hydroxylation is 2. The zero-order valence-electron chi connectivity index (χ0n) is 17.1. The highest BCUT2D eigenvalue weighted by molar-refractivity contribution is 7.80. The van der Waals surface area contributed by atoms with Crippen molar-refractivity contribution >= 4 is 68.4 Å². The van der Waals surface area contributed by atoms with Gasteiger partial charge in [-0.1, -0.05) is 34.5 Å². The molecule has 2 aromatic heterocycles. The van der Waals surface area contributed by atoms with Gasteiger partial charge in [0.2, 0.25) is 4.96 Å². The maximum Gasteiger partial charge on any atom is 0.257 e. The molecule has 2 N–H and O–H groups in total. The molecule has 0 fully saturated rings. The first-order chi connectivity index (χ1) is 15.3. The Kier molecular flexibility index (Phi) is 6.29. The Hall–Kier alpha value is -2.79. The summed E-state index contributed by atoms with van der Waals surface area (Å²) in [4.78, 5) is 13.3. The predicted molar refractivity (Wildman–Crippen MR) is 130 cm³/mol. The lowest BCUT2D eigenvalue weighted by Crippen LogP contribution is -2.34. The number of halogens is 2. The lowest BCUT2D eigenvalue weighted by molar-refractivity contribution is 0.0977. The van der Waals surface area contributed by atoms with Crippen molar-refractivity contribution in [3.05, 3.63) is 57.3 Å². The second-order valence-electron chi connectivity index (χ2n) is 6.76. The summed E-state index contributed by atoms with van der Waals surface area (Å²) in [6.07, 6.45) is 0. The second-order valence-corrected chi connectivity index (χ2v) is 8.94. The quantitative estimate of drug-likeness (QED) is 0.379. The van der Waals surface area contributed by atoms with Crippen molar-refractivity contribution in [2.45, 2.75) is 13.8 Å². The standard InChI is InChI=1S/C20H16Cl2N6O2S2/c1-9-6-11(18-27-28-10(2)25-26-20(28)32-18)4-5-15(9)23-19(31)24-17(29)12-7-13(21)16(30-3)14(22)8-12/h4-8H,1-3H3,(H2,23,24,29,31). The van der Waals surface area contributed by atoms with Crippen LogP contribution < -0.4 is 15.4 Å². The third-order valence-electron chi connectivity index (χ3n) is 4.56. The fourth-order valence-corrected chi connectivity index (χ4v) is 4.71. The SMILES string of the molecule is COc1c(Cl)cc(C(=O)NC(=S)Nc2ccc(-c3nn4c(C)nnc4s3)cc2C)cc1Cl. The van der Waals surface area contributed by atoms with Crippen LogP contribution in [0.15, 0.2) is 30.3 Å². The summed E-state index contributed by atoms with van der Waals surface area (Å²) in [5.74, 6) is 0.595. The number of nitrogens with one attached hydrogen (secondary N) is 2. The van der Waals surface area contributed by atoms with E-state index in [1.165, 1.54) is 30.6 Å². The Bertz CT molecular complexity index is 1340. The molecule has 0 atom stereocenters. The molecular formula is C20H16Cl2N6O2S2. The molecule has 4 rings (SSSR count). The molecule has 1 amide bonds. The number of aromatic nitrogens is 4. The van der Waals surface area contributed by atoms with Gasteiger partial charge in [0.15, 0.2) is 16.7 Å². The zero-order valence-corrected chi connectivity index (χ0v) is 20.2. The van der Waals surface area contributed by atoms with Crippen LogP contribution in [0.4, 0.5) is 5.69 Å². The molecule has 0 bridgehead atoms. The number of thiocarbonyl (C=S) groups is 1. The Morgan fingerprint density at radius 1 is 1.16 bits per heavy atom. The van der Waals surface area contributed by atoms with Gasteiger partial charge < -0.3 is 10.1 Å². The van der Waals surface area contributed by atoms with Gasteiger partial charge in [-0.05, 0) is 62.0 Å². The normalized spacial score (nSPS) is 10.9. The van der Waals surface area contributed by atoms with Crippen molar-refractivity contribution in [2.75, 3.05) is 12.4 Å². The molecule has 0 aliphatic rings. The molecule has 0 radical (unpaired) electrons. The Morgan fingerprint density at radius 3 is 2.50 bits per heavy atom. The third-order valence-corrected chi connectivity index (χ3v) is 6.27. The van der Waals surface area contributed by atoms with E-state index in [4.69, 9.17) is 40.2 Å². The average Bonchev–Trinajstić information content (AvgIpc) is 3.31. The predicted octanol–water partition coefficient (Wildman–Crippen LogP) is 4.91. The number of carbonyl (C=O) groups excluding carboxylic acids is 1. The number of rotatable bonds is 4. The molecule has 2 heterocycles. The highest BCUT2D eigenvalue weighted by atomic mass is 35.5. The van der Waals surface area contributed by atoms with Gasteiger partial charge in [0.1, 0.15) is 5.01 Å². The van der Waals surface area contributed by atoms with Gasteiger partial charge in [-0.2, -0.15) is 9.61 Å². The first-order valence-electron chi connectivity index (χ1n) is 9.22. The number of hydrogen-bond donors (Lipinski definition) is 2. The van der Waals surface area contributed by atoms with Gasteiger partial charge in [0.05, 0.1) is 17.2 Å². The number of amides is 1. The minimum Gasteiger partial charge on any atom is -0.494 e. The molecule has 0 aliphatic carbocycles. The summed E-state index contributed by atoms with van der Waals surface area (Å²) in [5.41, 5.74) is 2.89. The average molecular weight is 507 g/mol. The molecule has 2 aromatic carbocycles. The van der Waals surface area contributed by atoms with Crippen LogP contribution in [-0.2, 0) is 0 Å². The van der Waals surface area contributed by atoms with E-state index in [-0.39, 0.29) is 20.7 Å². The van der Waals surface area contributed by atoms with E-state index in [2.05, 4.69) is 25.9 Å². The number of benzene rings is 2. The van der Waals surface area contributed by atoms with E-state index in [1.54, 1.807) is 4.52 Å². The van der Waals surface area contributed by atoms with Gasteiger partial charge in [0.25, 0.3) is 5.91 Å². The summed E-state index contributed by atoms with van der Waals surface area (Å²) < 4.78 is 6.81. The molecule has 0 aliphatic heterocycles. The lowest BCUT2D eigenvalue weighted by Gasteiger charge is -2.13. The van der Waals surface area contributed by atoms with Crippen molar-refractivity contribution < 1.29 is 9.53 Å². The van der Waals surface area contributed by atoms with Crippen LogP contribution in [-0.4, -0.2) is 37.9 Å². The van der Waals surface area contributed by atoms with Crippen LogP contribution in [0.5, 0.6) is 5.75 Å². The van der Waals surface area contributed by atoms with Crippen molar-refractivity contribution in [3.63, 3.8) is 0 Å². The minimum atomic E-state index is -0.446. The molecule has 0 unspecified atom stereocenters. The first kappa shape index (κ1) is 22.4. The van der Waals surface area contributed by atoms with E-state index in [0.29, 0.717) is 5.75 Å². The van der Waals surface area contributed by atoms with E-state index in [0.717, 1.165) is 32.6 Å². The molecule has 4 aromatic rings. The van der Waals surface area contributed by atoms with Gasteiger partial charge in [0, 0.05) is 16.8 Å². The molecule has 8 nitrogen and oxygen atoms in total. The van der Waals surface area contributed by atoms with Crippen molar-refractivity contribution in [3.8, 4) is 16.3 Å². The molecule has 0 saturated carbocycles. The van der Waals surface area contributed by atoms with Crippen LogP contribution in [0.25, 0.3) is 15.5 Å². The van der Waals surface area contributed by atoms with Gasteiger partial charge in [-0.15, -0.1) is 10.2 Å². The summed E-state index contributed by atoms with van der Waals surface area (Å²) >= 11 is 19.0. The number of nitrogens with zero attached hydrogens (tertiary/aromatic N) is 4. The highest BCUT2D eigenvalue weighted by Gasteiger charge is 2.16. The third kappa shape index (κ3) is 4.40. The number of methoxy groups -OCH3 is 1. The van der Waals surface area contributed by atoms with E-state index < -0.39 is 5.91 Å². The first-order valence-corrected chi connectivity index (χ1v) is 11.2. The monoisotopic (exact) mass is 506 g/mol.